The van der Waals surface area contributed by atoms with Crippen molar-refractivity contribution < 1.29 is 24.1 Å². The largest absolute Gasteiger partial charge is 0.493 e. The first kappa shape index (κ1) is 14.5. The number of amides is 1. The molecule has 0 aliphatic carbocycles. The van der Waals surface area contributed by atoms with Crippen LogP contribution in [-0.2, 0) is 11.2 Å². The van der Waals surface area contributed by atoms with Crippen LogP contribution in [0.4, 0.5) is 4.79 Å². The van der Waals surface area contributed by atoms with Gasteiger partial charge in [-0.1, -0.05) is 6.07 Å². The molecule has 1 aliphatic heterocycles. The summed E-state index contributed by atoms with van der Waals surface area (Å²) in [5, 5.41) is 8.98. The molecule has 20 heavy (non-hydrogen) atoms. The van der Waals surface area contributed by atoms with E-state index in [1.165, 1.54) is 0 Å². The number of methoxy groups -OCH3 is 2. The SMILES string of the molecule is COc1ccc(CCN2C[C@@H](CO)OC2=O)cc1OC. The van der Waals surface area contributed by atoms with Crippen LogP contribution in [-0.4, -0.2) is 56.1 Å². The molecule has 0 aromatic heterocycles. The number of carbonyl (C=O) groups is 1. The topological polar surface area (TPSA) is 68.2 Å². The van der Waals surface area contributed by atoms with Crippen molar-refractivity contribution in [2.75, 3.05) is 33.9 Å². The molecule has 1 atom stereocenters. The number of carbonyl (C=O) groups excluding carboxylic acids is 1. The van der Waals surface area contributed by atoms with Crippen LogP contribution in [0.2, 0.25) is 0 Å². The van der Waals surface area contributed by atoms with Gasteiger partial charge in [0.05, 0.1) is 27.4 Å². The highest BCUT2D eigenvalue weighted by atomic mass is 16.6. The third-order valence-electron chi connectivity index (χ3n) is 3.27. The molecular formula is C14H19NO5. The third kappa shape index (κ3) is 3.14. The van der Waals surface area contributed by atoms with Gasteiger partial charge in [-0.15, -0.1) is 0 Å². The summed E-state index contributed by atoms with van der Waals surface area (Å²) >= 11 is 0. The average molecular weight is 281 g/mol. The normalized spacial score (nSPS) is 18.1. The minimum absolute atomic E-state index is 0.140. The molecule has 6 nitrogen and oxygen atoms in total. The van der Waals surface area contributed by atoms with Crippen LogP contribution in [0, 0.1) is 0 Å². The maximum atomic E-state index is 11.5. The molecular weight excluding hydrogens is 262 g/mol. The summed E-state index contributed by atoms with van der Waals surface area (Å²) in [5.74, 6) is 1.35. The molecule has 1 N–H and O–H groups in total. The maximum absolute atomic E-state index is 11.5. The number of aliphatic hydroxyl groups excluding tert-OH is 1. The van der Waals surface area contributed by atoms with Crippen LogP contribution in [0.3, 0.4) is 0 Å². The number of cyclic esters (lactones) is 1. The van der Waals surface area contributed by atoms with Gasteiger partial charge in [0.2, 0.25) is 0 Å². The molecule has 1 heterocycles. The highest BCUT2D eigenvalue weighted by molar-refractivity contribution is 5.69. The van der Waals surface area contributed by atoms with E-state index in [-0.39, 0.29) is 12.7 Å². The molecule has 1 aliphatic rings. The quantitative estimate of drug-likeness (QED) is 0.844. The number of benzene rings is 1. The monoisotopic (exact) mass is 281 g/mol. The van der Waals surface area contributed by atoms with Crippen molar-refractivity contribution in [1.29, 1.82) is 0 Å². The van der Waals surface area contributed by atoms with E-state index in [0.717, 1.165) is 5.56 Å². The Balaban J connectivity index is 1.96. The van der Waals surface area contributed by atoms with Crippen molar-refractivity contribution >= 4 is 6.09 Å². The molecule has 1 amide bonds. The molecule has 1 aromatic rings. The Morgan fingerprint density at radius 2 is 2.10 bits per heavy atom. The fourth-order valence-electron chi connectivity index (χ4n) is 2.15. The van der Waals surface area contributed by atoms with E-state index in [1.807, 2.05) is 18.2 Å². The highest BCUT2D eigenvalue weighted by Crippen LogP contribution is 2.27. The molecule has 1 aromatic carbocycles. The number of ether oxygens (including phenoxy) is 3. The van der Waals surface area contributed by atoms with Crippen LogP contribution in [0.1, 0.15) is 5.56 Å². The van der Waals surface area contributed by atoms with Crippen LogP contribution >= 0.6 is 0 Å². The van der Waals surface area contributed by atoms with Crippen LogP contribution in [0.15, 0.2) is 18.2 Å². The highest BCUT2D eigenvalue weighted by Gasteiger charge is 2.30. The lowest BCUT2D eigenvalue weighted by atomic mass is 10.1. The predicted octanol–water partition coefficient (Wildman–Crippen LogP) is 1.06. The van der Waals surface area contributed by atoms with Crippen LogP contribution in [0.25, 0.3) is 0 Å². The Labute approximate surface area is 117 Å². The van der Waals surface area contributed by atoms with Crippen molar-refractivity contribution in [3.63, 3.8) is 0 Å². The zero-order chi connectivity index (χ0) is 14.5. The van der Waals surface area contributed by atoms with Crippen molar-refractivity contribution in [3.8, 4) is 11.5 Å². The lowest BCUT2D eigenvalue weighted by Gasteiger charge is -2.14. The number of hydrogen-bond acceptors (Lipinski definition) is 5. The smallest absolute Gasteiger partial charge is 0.410 e. The standard InChI is InChI=1S/C14H19NO5/c1-18-12-4-3-10(7-13(12)19-2)5-6-15-8-11(9-16)20-14(15)17/h3-4,7,11,16H,5-6,8-9H2,1-2H3/t11-/m0/s1. The number of rotatable bonds is 6. The molecule has 1 fully saturated rings. The minimum atomic E-state index is -0.409. The first-order valence-electron chi connectivity index (χ1n) is 6.45. The summed E-state index contributed by atoms with van der Waals surface area (Å²) in [6.07, 6.45) is -0.0921. The van der Waals surface area contributed by atoms with Gasteiger partial charge in [-0.2, -0.15) is 0 Å². The van der Waals surface area contributed by atoms with Crippen molar-refractivity contribution in [2.24, 2.45) is 0 Å². The molecule has 110 valence electrons. The van der Waals surface area contributed by atoms with Gasteiger partial charge in [-0.05, 0) is 24.1 Å². The molecule has 2 rings (SSSR count). The molecule has 6 heteroatoms. The van der Waals surface area contributed by atoms with Crippen LogP contribution in [0.5, 0.6) is 11.5 Å². The Morgan fingerprint density at radius 3 is 2.70 bits per heavy atom. The Morgan fingerprint density at radius 1 is 1.35 bits per heavy atom. The van der Waals surface area contributed by atoms with Gasteiger partial charge in [0.15, 0.2) is 11.5 Å². The van der Waals surface area contributed by atoms with E-state index in [4.69, 9.17) is 19.3 Å². The summed E-state index contributed by atoms with van der Waals surface area (Å²) in [5.41, 5.74) is 1.04. The second-order valence-electron chi connectivity index (χ2n) is 4.57. The zero-order valence-corrected chi connectivity index (χ0v) is 11.7. The van der Waals surface area contributed by atoms with E-state index < -0.39 is 6.10 Å². The summed E-state index contributed by atoms with van der Waals surface area (Å²) in [7, 11) is 3.18. The average Bonchev–Trinajstić information content (AvgIpc) is 2.85. The van der Waals surface area contributed by atoms with E-state index in [1.54, 1.807) is 19.1 Å². The molecule has 0 bridgehead atoms. The third-order valence-corrected chi connectivity index (χ3v) is 3.27. The van der Waals surface area contributed by atoms with Gasteiger partial charge >= 0.3 is 6.09 Å². The van der Waals surface area contributed by atoms with Gasteiger partial charge in [0.25, 0.3) is 0 Å². The first-order chi connectivity index (χ1) is 9.67. The van der Waals surface area contributed by atoms with Crippen molar-refractivity contribution in [2.45, 2.75) is 12.5 Å². The number of aliphatic hydroxyl groups is 1. The number of nitrogens with zero attached hydrogens (tertiary/aromatic N) is 1. The summed E-state index contributed by atoms with van der Waals surface area (Å²) in [6, 6.07) is 5.67. The zero-order valence-electron chi connectivity index (χ0n) is 11.7. The Kier molecular flexibility index (Phi) is 4.68. The molecule has 1 saturated heterocycles. The summed E-state index contributed by atoms with van der Waals surface area (Å²) < 4.78 is 15.4. The van der Waals surface area contributed by atoms with Crippen molar-refractivity contribution in [1.82, 2.24) is 4.90 Å². The predicted molar refractivity (Wildman–Crippen MR) is 72.2 cm³/mol. The fraction of sp³-hybridized carbons (Fsp3) is 0.500. The van der Waals surface area contributed by atoms with Gasteiger partial charge in [0.1, 0.15) is 6.10 Å². The van der Waals surface area contributed by atoms with E-state index >= 15 is 0 Å². The summed E-state index contributed by atoms with van der Waals surface area (Å²) in [6.45, 7) is 0.839. The lowest BCUT2D eigenvalue weighted by Crippen LogP contribution is -2.28. The Bertz CT molecular complexity index is 477. The molecule has 0 saturated carbocycles. The van der Waals surface area contributed by atoms with E-state index in [0.29, 0.717) is 31.0 Å². The maximum Gasteiger partial charge on any atom is 0.410 e. The summed E-state index contributed by atoms with van der Waals surface area (Å²) in [4.78, 5) is 13.1. The fourth-order valence-corrected chi connectivity index (χ4v) is 2.15. The van der Waals surface area contributed by atoms with Gasteiger partial charge in [-0.25, -0.2) is 4.79 Å². The van der Waals surface area contributed by atoms with Gasteiger partial charge < -0.3 is 24.2 Å². The first-order valence-corrected chi connectivity index (χ1v) is 6.45. The number of hydrogen-bond donors (Lipinski definition) is 1. The molecule has 0 unspecified atom stereocenters. The van der Waals surface area contributed by atoms with E-state index in [2.05, 4.69) is 0 Å². The van der Waals surface area contributed by atoms with Gasteiger partial charge in [-0.3, -0.25) is 0 Å². The van der Waals surface area contributed by atoms with Crippen molar-refractivity contribution in [3.05, 3.63) is 23.8 Å². The lowest BCUT2D eigenvalue weighted by molar-refractivity contribution is 0.0948. The van der Waals surface area contributed by atoms with Gasteiger partial charge in [0, 0.05) is 6.54 Å². The van der Waals surface area contributed by atoms with E-state index in [9.17, 15) is 4.79 Å². The minimum Gasteiger partial charge on any atom is -0.493 e. The molecule has 0 radical (unpaired) electrons. The Hall–Kier alpha value is -1.95. The second-order valence-corrected chi connectivity index (χ2v) is 4.57. The molecule has 0 spiro atoms. The second kappa shape index (κ2) is 6.47. The van der Waals surface area contributed by atoms with Crippen LogP contribution < -0.4 is 9.47 Å².